The Morgan fingerprint density at radius 1 is 1.64 bits per heavy atom. The van der Waals surface area contributed by atoms with Crippen molar-refractivity contribution in [2.24, 2.45) is 0 Å². The monoisotopic (exact) mass is 199 g/mol. The van der Waals surface area contributed by atoms with Crippen LogP contribution < -0.4 is 5.32 Å². The van der Waals surface area contributed by atoms with Gasteiger partial charge in [-0.2, -0.15) is 0 Å². The lowest BCUT2D eigenvalue weighted by Crippen LogP contribution is -2.38. The van der Waals surface area contributed by atoms with E-state index < -0.39 is 11.6 Å². The summed E-state index contributed by atoms with van der Waals surface area (Å²) in [5, 5.41) is 2.46. The van der Waals surface area contributed by atoms with Crippen LogP contribution in [-0.2, 0) is 11.3 Å². The number of hydrogen-bond acceptors (Lipinski definition) is 2. The van der Waals surface area contributed by atoms with Crippen LogP contribution in [0, 0.1) is 6.92 Å². The molecule has 0 bridgehead atoms. The zero-order valence-corrected chi connectivity index (χ0v) is 8.56. The van der Waals surface area contributed by atoms with Crippen molar-refractivity contribution in [1.82, 2.24) is 5.32 Å². The molecule has 1 aromatic heterocycles. The topological polar surface area (TPSA) is 42.2 Å². The number of amides is 1. The summed E-state index contributed by atoms with van der Waals surface area (Å²) in [6, 6.07) is 1.79. The van der Waals surface area contributed by atoms with Gasteiger partial charge in [0.2, 0.25) is 0 Å². The lowest BCUT2D eigenvalue weighted by Gasteiger charge is -2.13. The van der Waals surface area contributed by atoms with E-state index in [0.29, 0.717) is 5.76 Å². The Morgan fingerprint density at radius 3 is 2.71 bits per heavy atom. The highest BCUT2D eigenvalue weighted by Gasteiger charge is 2.26. The fraction of sp³-hybridized carbons (Fsp3) is 0.500. The van der Waals surface area contributed by atoms with Gasteiger partial charge in [0.05, 0.1) is 12.8 Å². The number of hydrogen-bond donors (Lipinski definition) is 1. The van der Waals surface area contributed by atoms with Crippen LogP contribution in [-0.4, -0.2) is 11.6 Å². The minimum absolute atomic E-state index is 0.227. The molecule has 0 fully saturated rings. The summed E-state index contributed by atoms with van der Waals surface area (Å²) >= 11 is 0. The molecular weight excluding hydrogens is 185 g/mol. The smallest absolute Gasteiger partial charge is 0.257 e. The number of carbonyl (C=O) groups excluding carboxylic acids is 1. The van der Waals surface area contributed by atoms with Gasteiger partial charge in [-0.3, -0.25) is 4.79 Å². The Labute approximate surface area is 82.3 Å². The van der Waals surface area contributed by atoms with Crippen LogP contribution in [0.3, 0.4) is 0 Å². The van der Waals surface area contributed by atoms with Gasteiger partial charge in [0.25, 0.3) is 5.91 Å². The standard InChI is InChI=1S/C10H14FNO2/c1-7-4-5-14-8(7)6-12-9(13)10(2,3)11/h4-5H,6H2,1-3H3,(H,12,13). The first kappa shape index (κ1) is 10.8. The van der Waals surface area contributed by atoms with Gasteiger partial charge in [-0.05, 0) is 32.4 Å². The fourth-order valence-electron chi connectivity index (χ4n) is 0.956. The van der Waals surface area contributed by atoms with Crippen LogP contribution >= 0.6 is 0 Å². The second-order valence-electron chi connectivity index (χ2n) is 3.68. The van der Waals surface area contributed by atoms with E-state index in [1.54, 1.807) is 6.07 Å². The molecular formula is C10H14FNO2. The van der Waals surface area contributed by atoms with E-state index in [-0.39, 0.29) is 6.54 Å². The maximum Gasteiger partial charge on any atom is 0.257 e. The van der Waals surface area contributed by atoms with Crippen molar-refractivity contribution in [2.75, 3.05) is 0 Å². The molecule has 1 amide bonds. The second-order valence-corrected chi connectivity index (χ2v) is 3.68. The Morgan fingerprint density at radius 2 is 2.29 bits per heavy atom. The molecule has 1 aromatic rings. The van der Waals surface area contributed by atoms with Gasteiger partial charge in [-0.15, -0.1) is 0 Å². The zero-order valence-electron chi connectivity index (χ0n) is 8.56. The largest absolute Gasteiger partial charge is 0.467 e. The predicted octanol–water partition coefficient (Wildman–Crippen LogP) is 1.95. The summed E-state index contributed by atoms with van der Waals surface area (Å²) in [5.74, 6) is 0.0240. The third kappa shape index (κ3) is 2.58. The average molecular weight is 199 g/mol. The van der Waals surface area contributed by atoms with E-state index in [1.165, 1.54) is 20.1 Å². The molecule has 1 heterocycles. The minimum Gasteiger partial charge on any atom is -0.467 e. The number of furan rings is 1. The van der Waals surface area contributed by atoms with Gasteiger partial charge in [0.15, 0.2) is 5.67 Å². The van der Waals surface area contributed by atoms with Crippen molar-refractivity contribution < 1.29 is 13.6 Å². The van der Waals surface area contributed by atoms with Crippen LogP contribution in [0.4, 0.5) is 4.39 Å². The molecule has 0 aromatic carbocycles. The van der Waals surface area contributed by atoms with E-state index in [1.807, 2.05) is 6.92 Å². The number of rotatable bonds is 3. The zero-order chi connectivity index (χ0) is 10.8. The first-order chi connectivity index (χ1) is 6.41. The second kappa shape index (κ2) is 3.82. The molecule has 0 unspecified atom stereocenters. The highest BCUT2D eigenvalue weighted by Crippen LogP contribution is 2.11. The van der Waals surface area contributed by atoms with Gasteiger partial charge >= 0.3 is 0 Å². The Balaban J connectivity index is 2.50. The lowest BCUT2D eigenvalue weighted by atomic mass is 10.1. The third-order valence-corrected chi connectivity index (χ3v) is 1.92. The van der Waals surface area contributed by atoms with Gasteiger partial charge in [-0.1, -0.05) is 0 Å². The van der Waals surface area contributed by atoms with Crippen molar-refractivity contribution in [2.45, 2.75) is 33.0 Å². The molecule has 3 nitrogen and oxygen atoms in total. The predicted molar refractivity (Wildman–Crippen MR) is 50.5 cm³/mol. The van der Waals surface area contributed by atoms with Crippen LogP contribution in [0.2, 0.25) is 0 Å². The summed E-state index contributed by atoms with van der Waals surface area (Å²) in [6.45, 7) is 4.53. The number of alkyl halides is 1. The average Bonchev–Trinajstić information content (AvgIpc) is 2.45. The SMILES string of the molecule is Cc1ccoc1CNC(=O)C(C)(C)F. The summed E-state index contributed by atoms with van der Waals surface area (Å²) in [7, 11) is 0. The number of aryl methyl sites for hydroxylation is 1. The molecule has 0 radical (unpaired) electrons. The van der Waals surface area contributed by atoms with Crippen molar-refractivity contribution >= 4 is 5.91 Å². The molecule has 78 valence electrons. The van der Waals surface area contributed by atoms with Crippen molar-refractivity contribution in [3.8, 4) is 0 Å². The molecule has 0 atom stereocenters. The van der Waals surface area contributed by atoms with E-state index in [9.17, 15) is 9.18 Å². The van der Waals surface area contributed by atoms with Crippen molar-refractivity contribution in [3.63, 3.8) is 0 Å². The highest BCUT2D eigenvalue weighted by atomic mass is 19.1. The van der Waals surface area contributed by atoms with Gasteiger partial charge in [-0.25, -0.2) is 4.39 Å². The van der Waals surface area contributed by atoms with Crippen LogP contribution in [0.15, 0.2) is 16.7 Å². The normalized spacial score (nSPS) is 11.4. The van der Waals surface area contributed by atoms with Crippen LogP contribution in [0.25, 0.3) is 0 Å². The summed E-state index contributed by atoms with van der Waals surface area (Å²) < 4.78 is 18.2. The van der Waals surface area contributed by atoms with Gasteiger partial charge < -0.3 is 9.73 Å². The molecule has 0 aliphatic carbocycles. The molecule has 1 rings (SSSR count). The van der Waals surface area contributed by atoms with Gasteiger partial charge in [0, 0.05) is 0 Å². The molecule has 14 heavy (non-hydrogen) atoms. The Bertz CT molecular complexity index is 325. The summed E-state index contributed by atoms with van der Waals surface area (Å²) in [5.41, 5.74) is -0.900. The summed E-state index contributed by atoms with van der Waals surface area (Å²) in [4.78, 5) is 11.1. The van der Waals surface area contributed by atoms with E-state index >= 15 is 0 Å². The summed E-state index contributed by atoms with van der Waals surface area (Å²) in [6.07, 6.45) is 1.54. The number of halogens is 1. The number of carbonyl (C=O) groups is 1. The third-order valence-electron chi connectivity index (χ3n) is 1.92. The maximum absolute atomic E-state index is 13.1. The lowest BCUT2D eigenvalue weighted by molar-refractivity contribution is -0.131. The quantitative estimate of drug-likeness (QED) is 0.808. The first-order valence-electron chi connectivity index (χ1n) is 4.41. The van der Waals surface area contributed by atoms with Gasteiger partial charge in [0.1, 0.15) is 5.76 Å². The first-order valence-corrected chi connectivity index (χ1v) is 4.41. The Kier molecular flexibility index (Phi) is 2.93. The molecule has 1 N–H and O–H groups in total. The van der Waals surface area contributed by atoms with Crippen molar-refractivity contribution in [3.05, 3.63) is 23.7 Å². The van der Waals surface area contributed by atoms with E-state index in [4.69, 9.17) is 4.42 Å². The maximum atomic E-state index is 13.1. The Hall–Kier alpha value is -1.32. The van der Waals surface area contributed by atoms with E-state index in [0.717, 1.165) is 5.56 Å². The molecule has 4 heteroatoms. The van der Waals surface area contributed by atoms with Crippen LogP contribution in [0.1, 0.15) is 25.2 Å². The van der Waals surface area contributed by atoms with E-state index in [2.05, 4.69) is 5.32 Å². The van der Waals surface area contributed by atoms with Crippen LogP contribution in [0.5, 0.6) is 0 Å². The molecule has 0 saturated carbocycles. The molecule has 0 saturated heterocycles. The van der Waals surface area contributed by atoms with Crippen molar-refractivity contribution in [1.29, 1.82) is 0 Å². The molecule has 0 aliphatic heterocycles. The molecule has 0 spiro atoms. The highest BCUT2D eigenvalue weighted by molar-refractivity contribution is 5.83. The minimum atomic E-state index is -1.85. The molecule has 0 aliphatic rings. The number of nitrogens with one attached hydrogen (secondary N) is 1. The fourth-order valence-corrected chi connectivity index (χ4v) is 0.956.